The predicted octanol–water partition coefficient (Wildman–Crippen LogP) is 6.36. The van der Waals surface area contributed by atoms with E-state index >= 15 is 0 Å². The highest BCUT2D eigenvalue weighted by atomic mass is 28.4. The second-order valence-electron chi connectivity index (χ2n) is 9.02. The van der Waals surface area contributed by atoms with Gasteiger partial charge in [-0.2, -0.15) is 0 Å². The van der Waals surface area contributed by atoms with Crippen LogP contribution in [0.5, 0.6) is 0 Å². The van der Waals surface area contributed by atoms with Crippen molar-refractivity contribution in [2.75, 3.05) is 0 Å². The van der Waals surface area contributed by atoms with Gasteiger partial charge in [0.2, 0.25) is 8.32 Å². The van der Waals surface area contributed by atoms with E-state index in [0.29, 0.717) is 22.2 Å². The minimum Gasteiger partial charge on any atom is -0.407 e. The first-order chi connectivity index (χ1) is 14.2. The Hall–Kier alpha value is -1.72. The van der Waals surface area contributed by atoms with E-state index in [4.69, 9.17) is 4.43 Å². The maximum absolute atomic E-state index is 11.2. The van der Waals surface area contributed by atoms with E-state index < -0.39 is 26.6 Å². The molecule has 4 heteroatoms. The van der Waals surface area contributed by atoms with Crippen molar-refractivity contribution in [3.8, 4) is 0 Å². The number of rotatable bonds is 10. The fraction of sp³-hybridized carbons (Fsp3) is 0.462. The molecule has 0 saturated carbocycles. The molecule has 0 saturated heterocycles. The monoisotopic (exact) mass is 426 g/mol. The number of aliphatic hydroxyl groups is 2. The Labute approximate surface area is 183 Å². The van der Waals surface area contributed by atoms with Crippen LogP contribution in [0.25, 0.3) is 6.08 Å². The standard InChI is InChI=1S/C26H38O3Si/c1-19(2)30(20(3)4,21(5)6)29-24(18-17-22-13-9-7-10-14-22)26(28)25(27)23-15-11-8-12-16-23/h7-21,24-28H,1-6H3/b18-17+/t24-,25+,26-/m0/s1. The van der Waals surface area contributed by atoms with Crippen LogP contribution in [0.4, 0.5) is 0 Å². The maximum atomic E-state index is 11.2. The maximum Gasteiger partial charge on any atom is 0.201 e. The van der Waals surface area contributed by atoms with Gasteiger partial charge < -0.3 is 14.6 Å². The van der Waals surface area contributed by atoms with E-state index in [1.807, 2.05) is 72.8 Å². The molecular weight excluding hydrogens is 388 g/mol. The van der Waals surface area contributed by atoms with Crippen molar-refractivity contribution in [3.63, 3.8) is 0 Å². The van der Waals surface area contributed by atoms with Gasteiger partial charge in [0.15, 0.2) is 0 Å². The van der Waals surface area contributed by atoms with Crippen LogP contribution >= 0.6 is 0 Å². The molecule has 2 N–H and O–H groups in total. The van der Waals surface area contributed by atoms with Crippen molar-refractivity contribution in [1.29, 1.82) is 0 Å². The van der Waals surface area contributed by atoms with Gasteiger partial charge in [-0.1, -0.05) is 114 Å². The number of hydrogen-bond acceptors (Lipinski definition) is 3. The van der Waals surface area contributed by atoms with E-state index in [9.17, 15) is 10.2 Å². The third kappa shape index (κ3) is 5.70. The lowest BCUT2D eigenvalue weighted by Crippen LogP contribution is -2.52. The fourth-order valence-corrected chi connectivity index (χ4v) is 10.2. The van der Waals surface area contributed by atoms with Crippen molar-refractivity contribution in [3.05, 3.63) is 77.9 Å². The average Bonchev–Trinajstić information content (AvgIpc) is 2.73. The van der Waals surface area contributed by atoms with Gasteiger partial charge in [0.1, 0.15) is 12.2 Å². The van der Waals surface area contributed by atoms with Gasteiger partial charge in [0.05, 0.1) is 6.10 Å². The van der Waals surface area contributed by atoms with Crippen molar-refractivity contribution in [2.24, 2.45) is 0 Å². The molecule has 0 aliphatic heterocycles. The third-order valence-electron chi connectivity index (χ3n) is 6.13. The topological polar surface area (TPSA) is 49.7 Å². The molecule has 2 aromatic rings. The Morgan fingerprint density at radius 1 is 0.733 bits per heavy atom. The molecule has 3 nitrogen and oxygen atoms in total. The van der Waals surface area contributed by atoms with Crippen LogP contribution in [0.1, 0.15) is 58.8 Å². The Balaban J connectivity index is 2.43. The zero-order valence-electron chi connectivity index (χ0n) is 19.2. The molecule has 2 rings (SSSR count). The molecule has 164 valence electrons. The van der Waals surface area contributed by atoms with E-state index in [0.717, 1.165) is 5.56 Å². The van der Waals surface area contributed by atoms with E-state index in [2.05, 4.69) is 41.5 Å². The molecule has 0 bridgehead atoms. The first-order valence-electron chi connectivity index (χ1n) is 11.0. The molecule has 0 aromatic heterocycles. The average molecular weight is 427 g/mol. The van der Waals surface area contributed by atoms with Crippen LogP contribution in [-0.2, 0) is 4.43 Å². The van der Waals surface area contributed by atoms with Crippen molar-refractivity contribution < 1.29 is 14.6 Å². The van der Waals surface area contributed by atoms with Crippen LogP contribution in [0, 0.1) is 0 Å². The van der Waals surface area contributed by atoms with Gasteiger partial charge in [0, 0.05) is 0 Å². The van der Waals surface area contributed by atoms with Crippen LogP contribution in [0.15, 0.2) is 66.7 Å². The van der Waals surface area contributed by atoms with Gasteiger partial charge in [-0.15, -0.1) is 0 Å². The number of hydrogen-bond donors (Lipinski definition) is 2. The van der Waals surface area contributed by atoms with Crippen LogP contribution in [0.2, 0.25) is 16.6 Å². The molecule has 2 aromatic carbocycles. The summed E-state index contributed by atoms with van der Waals surface area (Å²) < 4.78 is 6.89. The summed E-state index contributed by atoms with van der Waals surface area (Å²) in [6.07, 6.45) is 1.22. The van der Waals surface area contributed by atoms with Crippen molar-refractivity contribution >= 4 is 14.4 Å². The Bertz CT molecular complexity index is 750. The van der Waals surface area contributed by atoms with Crippen LogP contribution in [0.3, 0.4) is 0 Å². The summed E-state index contributed by atoms with van der Waals surface area (Å²) >= 11 is 0. The van der Waals surface area contributed by atoms with Crippen LogP contribution in [-0.4, -0.2) is 30.7 Å². The summed E-state index contributed by atoms with van der Waals surface area (Å²) in [5.74, 6) is 0. The minimum absolute atomic E-state index is 0.381. The minimum atomic E-state index is -2.26. The highest BCUT2D eigenvalue weighted by Gasteiger charge is 2.47. The zero-order chi connectivity index (χ0) is 22.3. The molecular formula is C26H38O3Si. The molecule has 0 aliphatic carbocycles. The van der Waals surface area contributed by atoms with Crippen LogP contribution < -0.4 is 0 Å². The van der Waals surface area contributed by atoms with E-state index in [1.165, 1.54) is 0 Å². The third-order valence-corrected chi connectivity index (χ3v) is 12.2. The summed E-state index contributed by atoms with van der Waals surface area (Å²) in [7, 11) is -2.26. The molecule has 0 fully saturated rings. The Kier molecular flexibility index (Phi) is 9.04. The fourth-order valence-electron chi connectivity index (χ4n) is 4.66. The largest absolute Gasteiger partial charge is 0.407 e. The van der Waals surface area contributed by atoms with Gasteiger partial charge in [-0.05, 0) is 27.8 Å². The molecule has 0 amide bonds. The van der Waals surface area contributed by atoms with Crippen molar-refractivity contribution in [1.82, 2.24) is 0 Å². The van der Waals surface area contributed by atoms with Gasteiger partial charge in [0.25, 0.3) is 0 Å². The van der Waals surface area contributed by atoms with Crippen molar-refractivity contribution in [2.45, 2.75) is 76.5 Å². The van der Waals surface area contributed by atoms with Gasteiger partial charge >= 0.3 is 0 Å². The molecule has 0 unspecified atom stereocenters. The molecule has 0 spiro atoms. The summed E-state index contributed by atoms with van der Waals surface area (Å²) in [6, 6.07) is 19.3. The number of aliphatic hydroxyl groups excluding tert-OH is 2. The lowest BCUT2D eigenvalue weighted by molar-refractivity contribution is -0.0388. The second kappa shape index (κ2) is 11.1. The van der Waals surface area contributed by atoms with E-state index in [1.54, 1.807) is 0 Å². The summed E-state index contributed by atoms with van der Waals surface area (Å²) in [6.45, 7) is 13.4. The Morgan fingerprint density at radius 3 is 1.67 bits per heavy atom. The summed E-state index contributed by atoms with van der Waals surface area (Å²) in [5, 5.41) is 22.1. The number of benzene rings is 2. The molecule has 0 heterocycles. The SMILES string of the molecule is CC(C)[Si](O[C@@H](/C=C/c1ccccc1)[C@H](O)[C@H](O)c1ccccc1)(C(C)C)C(C)C. The Morgan fingerprint density at radius 2 is 1.20 bits per heavy atom. The molecule has 3 atom stereocenters. The smallest absolute Gasteiger partial charge is 0.201 e. The van der Waals surface area contributed by atoms with E-state index in [-0.39, 0.29) is 0 Å². The molecule has 30 heavy (non-hydrogen) atoms. The highest BCUT2D eigenvalue weighted by molar-refractivity contribution is 6.77. The summed E-state index contributed by atoms with van der Waals surface area (Å²) in [4.78, 5) is 0. The first-order valence-corrected chi connectivity index (χ1v) is 13.2. The lowest BCUT2D eigenvalue weighted by Gasteiger charge is -2.45. The summed E-state index contributed by atoms with van der Waals surface area (Å²) in [5.41, 5.74) is 2.87. The quantitative estimate of drug-likeness (QED) is 0.435. The lowest BCUT2D eigenvalue weighted by atomic mass is 10.00. The molecule has 0 aliphatic rings. The highest BCUT2D eigenvalue weighted by Crippen LogP contribution is 2.44. The zero-order valence-corrected chi connectivity index (χ0v) is 20.2. The van der Waals surface area contributed by atoms with Gasteiger partial charge in [-0.3, -0.25) is 0 Å². The normalized spacial score (nSPS) is 15.8. The molecule has 0 radical (unpaired) electrons. The second-order valence-corrected chi connectivity index (χ2v) is 14.4. The van der Waals surface area contributed by atoms with Gasteiger partial charge in [-0.25, -0.2) is 0 Å². The first kappa shape index (κ1) is 24.5. The predicted molar refractivity (Wildman–Crippen MR) is 129 cm³/mol.